The topological polar surface area (TPSA) is 245 Å². The molecule has 43 atom stereocenters. The lowest BCUT2D eigenvalue weighted by atomic mass is 9.52. The van der Waals surface area contributed by atoms with E-state index in [0.717, 1.165) is 201 Å². The molecule has 21 heteroatoms. The van der Waals surface area contributed by atoms with Gasteiger partial charge in [-0.3, -0.25) is 14.5 Å². The van der Waals surface area contributed by atoms with Crippen molar-refractivity contribution in [2.75, 3.05) is 27.2 Å². The van der Waals surface area contributed by atoms with Crippen molar-refractivity contribution >= 4 is 28.1 Å². The maximum atomic E-state index is 12.7. The summed E-state index contributed by atoms with van der Waals surface area (Å²) in [7, 11) is 0.117. The summed E-state index contributed by atoms with van der Waals surface area (Å²) in [6, 6.07) is 1.48. The van der Waals surface area contributed by atoms with Gasteiger partial charge in [0, 0.05) is 63.9 Å². The summed E-state index contributed by atoms with van der Waals surface area (Å²) in [5.41, 5.74) is 17.1. The molecule has 147 heavy (non-hydrogen) atoms. The smallest absolute Gasteiger partial charge is 0.371 e. The predicted molar refractivity (Wildman–Crippen MR) is 579 cm³/mol. The van der Waals surface area contributed by atoms with E-state index in [9.17, 15) is 18.0 Å². The standard InChI is InChI=1S/C32H49N3O.C32H50N2O3.C31H47N3O.C29H48N2O3S.CO2.CH4/c1-19-6-8-25-22(4)32(36-30(25)14-19)13-11-26-27-9-7-23-15-24(35-18-21(3)33-34-35)10-12-31(23,5)29(27)16-28(26)20(2)17-32;1-19-13-28-30(34(17-19)18-29(36)33(5)6)21(3)32(37-28)12-10-24-25-8-7-22-14-23(35)9-11-31(22,4)27(25)15-26(24)20(2)16-32;1-19-5-7-24-21(3)31(35-29(24)15-19)12-10-25-26-8-6-22-16-23(34-14-13-32-33-34)9-11-30(22,4)28(26)17-27(25)20(2)18-31;1-17-5-7-22-19(3)29(34-27(22)13-17)12-10-23-24-8-6-20-14-21(31-35(30,32)33)9-11-28(20,4)26(24)15-25(23)18(2)16-29;2-1-3;/h18-19,22-27,29-30H,6-17H2,1-5H3;19,21-22,24-25,27-28,30H,7-18H2,1-6H3;13-14,19,21-26,28-29H,5-12,15-18H2,1-4H3;17,19-24,26-27,31H,5-16H2,1-4H3,(H2,30,32,33);;1H4/t19-,22-,23-,24+,25+,26+,27+,29+,30-,31+,32+;19-,21+,22+,24-,25-,27-,28+,30-,31-,32-;19-,21-,22-,23-,24+,25+,26+,28+,29-,30+,31+;17-,19-,20-,21+,22+,23+,24+,26+,27-,28+,29+;;/m1011../s1. The normalized spacial score (nSPS) is 49.1. The number of aryl methyl sites for hydroxylation is 1. The number of nitrogens with zero attached hydrogens (tertiary/aromatic N) is 8. The lowest BCUT2D eigenvalue weighted by molar-refractivity contribution is -0.191. The Balaban J connectivity index is 0.000000114. The van der Waals surface area contributed by atoms with Crippen LogP contribution >= 0.6 is 0 Å². The van der Waals surface area contributed by atoms with Crippen molar-refractivity contribution in [3.63, 3.8) is 0 Å². The van der Waals surface area contributed by atoms with E-state index in [0.29, 0.717) is 106 Å². The van der Waals surface area contributed by atoms with Gasteiger partial charge in [-0.2, -0.15) is 22.7 Å². The number of fused-ring (bicyclic) bond motifs is 24. The van der Waals surface area contributed by atoms with Gasteiger partial charge in [-0.15, -0.1) is 10.2 Å². The first-order chi connectivity index (χ1) is 69.6. The van der Waals surface area contributed by atoms with Gasteiger partial charge in [-0.25, -0.2) is 14.5 Å². The summed E-state index contributed by atoms with van der Waals surface area (Å²) in [4.78, 5) is 45.4. The summed E-state index contributed by atoms with van der Waals surface area (Å²) in [5, 5.41) is 22.5. The second-order valence-corrected chi connectivity index (χ2v) is 59.2. The van der Waals surface area contributed by atoms with Gasteiger partial charge in [0.05, 0.1) is 77.3 Å². The van der Waals surface area contributed by atoms with E-state index in [1.54, 1.807) is 38.3 Å². The first kappa shape index (κ1) is 108. The lowest BCUT2D eigenvalue weighted by Gasteiger charge is -2.54. The van der Waals surface area contributed by atoms with Crippen LogP contribution in [-0.4, -0.2) is 152 Å². The zero-order valence-electron chi connectivity index (χ0n) is 94.0. The molecule has 5 aliphatic heterocycles. The van der Waals surface area contributed by atoms with Gasteiger partial charge in [0.2, 0.25) is 5.91 Å². The molecular weight excluding hydrogens is 1850 g/mol. The number of rotatable bonds is 6. The highest BCUT2D eigenvalue weighted by Gasteiger charge is 2.68. The molecular formula is C126H198N10O10S. The molecule has 1 amide bonds. The molecule has 19 aliphatic carbocycles. The summed E-state index contributed by atoms with van der Waals surface area (Å²) >= 11 is 0. The third-order valence-corrected chi connectivity index (χ3v) is 51.6. The van der Waals surface area contributed by atoms with Crippen LogP contribution in [0.1, 0.15) is 431 Å². The number of ether oxygens (including phenoxy) is 4. The number of carbonyl (C=O) groups is 2. The van der Waals surface area contributed by atoms with Crippen molar-refractivity contribution in [2.24, 2.45) is 187 Å². The Bertz CT molecular complexity index is 5400. The second kappa shape index (κ2) is 41.1. The zero-order valence-corrected chi connectivity index (χ0v) is 94.8. The van der Waals surface area contributed by atoms with Crippen LogP contribution in [-0.2, 0) is 48.3 Å². The second-order valence-electron chi connectivity index (χ2n) is 57.9. The first-order valence-corrected chi connectivity index (χ1v) is 62.6. The molecule has 20 fully saturated rings. The number of nitrogens with two attached hydrogens (primary N) is 1. The van der Waals surface area contributed by atoms with Gasteiger partial charge in [0.1, 0.15) is 5.78 Å². The van der Waals surface area contributed by atoms with E-state index in [2.05, 4.69) is 170 Å². The Morgan fingerprint density at radius 1 is 0.442 bits per heavy atom. The van der Waals surface area contributed by atoms with Crippen molar-refractivity contribution in [2.45, 2.75) is 491 Å². The highest BCUT2D eigenvalue weighted by molar-refractivity contribution is 7.87. The lowest BCUT2D eigenvalue weighted by Crippen LogP contribution is -2.54. The molecule has 24 aliphatic rings. The first-order valence-electron chi connectivity index (χ1n) is 61.0. The number of amides is 1. The molecule has 0 aromatic carbocycles. The molecule has 0 unspecified atom stereocenters. The number of ketones is 1. The van der Waals surface area contributed by atoms with Crippen LogP contribution in [0, 0.1) is 188 Å². The minimum atomic E-state index is -3.62. The third kappa shape index (κ3) is 19.1. The molecule has 2 aromatic heterocycles. The maximum absolute atomic E-state index is 12.7. The van der Waals surface area contributed by atoms with Crippen molar-refractivity contribution in [3.8, 4) is 0 Å². The van der Waals surface area contributed by atoms with Gasteiger partial charge in [-0.1, -0.05) is 165 Å². The van der Waals surface area contributed by atoms with E-state index >= 15 is 0 Å². The fraction of sp³-hybridized carbons (Fsp3) is 0.881. The number of hydrogen-bond donors (Lipinski definition) is 2. The number of carbonyl (C=O) groups excluding carboxylic acids is 4. The van der Waals surface area contributed by atoms with Gasteiger partial charge in [0.15, 0.2) is 0 Å². The SMILES string of the molecule is C.CC1=C2C[C@H]3[C@@H](CC[C@@H]4CC(=O)CC[C@@]43C)[C@@H]2CC[C@@]2(C1)O[C@@H]1C[C@H](C)CN(CC(=O)N(C)C)[C@H]1[C@H]2C.CC1=C2C[C@H]3[C@@H](CC[C@@H]4C[C@@H](NS(N)(=O)=O)CC[C@@]43C)[C@@H]2CC[C@@]2(C1)O[C@@H]1C[C@H](C)CC[C@H]1[C@H]2C.CC1=C2C[C@H]3[C@@H](CC[C@@H]4C[C@@H](n5cc(C)nn5)CC[C@@]43C)[C@@H]2CC[C@@]2(C1)O[C@@H]1C[C@H](C)CC[C@H]1[C@H]2C.CC1=C2C[C@H]3[C@@H](CC[C@@H]4C[C@H](n5ccnn5)CC[C@@]43C)[C@@H]2CC[C@@]2(C1)O[C@@H]1C[C@H](C)CC[C@H]1[C@H]2C.O=C=O. The number of likely N-dealkylation sites (N-methyl/N-ethyl adjacent to an activating group) is 1. The summed E-state index contributed by atoms with van der Waals surface area (Å²) in [6.07, 6.45) is 66.3. The molecule has 0 radical (unpaired) electrons. The Morgan fingerprint density at radius 2 is 0.810 bits per heavy atom. The molecule has 3 N–H and O–H groups in total. The fourth-order valence-electron chi connectivity index (χ4n) is 42.9. The maximum Gasteiger partial charge on any atom is 0.373 e. The van der Waals surface area contributed by atoms with Gasteiger partial charge >= 0.3 is 6.15 Å². The van der Waals surface area contributed by atoms with E-state index in [1.807, 2.05) is 31.4 Å². The van der Waals surface area contributed by atoms with E-state index < -0.39 is 10.2 Å². The van der Waals surface area contributed by atoms with Gasteiger partial charge in [-0.05, 0) is 473 Å². The highest BCUT2D eigenvalue weighted by Crippen LogP contribution is 2.73. The third-order valence-electron chi connectivity index (χ3n) is 50.9. The van der Waals surface area contributed by atoms with Crippen LogP contribution in [0.3, 0.4) is 0 Å². The number of Topliss-reactive ketones (excluding diaryl/α,β-unsaturated/α-hetero) is 1. The fourth-order valence-corrected chi connectivity index (χ4v) is 43.6. The largest absolute Gasteiger partial charge is 0.373 e. The summed E-state index contributed by atoms with van der Waals surface area (Å²) in [5.74, 6) is 21.5. The highest BCUT2D eigenvalue weighted by atomic mass is 32.2. The number of allylic oxidation sites excluding steroid dienone is 4. The van der Waals surface area contributed by atoms with Gasteiger partial charge < -0.3 is 23.8 Å². The number of likely N-dealkylation sites (tertiary alicyclic amines) is 1. The molecule has 5 saturated heterocycles. The Morgan fingerprint density at radius 3 is 1.20 bits per heavy atom. The number of piperidine rings is 1. The van der Waals surface area contributed by atoms with E-state index in [4.69, 9.17) is 33.7 Å². The average Bonchev–Trinajstić information content (AvgIpc) is 1.57. The number of aromatic nitrogens is 6. The van der Waals surface area contributed by atoms with Crippen LogP contribution in [0.5, 0.6) is 0 Å². The minimum absolute atomic E-state index is 0. The zero-order chi connectivity index (χ0) is 103. The Labute approximate surface area is 887 Å². The van der Waals surface area contributed by atoms with Crippen LogP contribution < -0.4 is 9.86 Å². The van der Waals surface area contributed by atoms with Crippen molar-refractivity contribution in [1.29, 1.82) is 0 Å². The molecule has 26 rings (SSSR count). The number of nitrogens with one attached hydrogen (secondary N) is 1. The molecule has 4 spiro atoms. The molecule has 15 saturated carbocycles. The average molecular weight is 2050 g/mol. The van der Waals surface area contributed by atoms with E-state index in [-0.39, 0.29) is 54.0 Å². The Hall–Kier alpha value is -4.57. The summed E-state index contributed by atoms with van der Waals surface area (Å²) in [6.45, 7) is 43.6. The van der Waals surface area contributed by atoms with Gasteiger partial charge in [0.25, 0.3) is 10.2 Å². The van der Waals surface area contributed by atoms with Crippen LogP contribution in [0.4, 0.5) is 0 Å². The molecule has 7 heterocycles. The van der Waals surface area contributed by atoms with Crippen LogP contribution in [0.25, 0.3) is 0 Å². The van der Waals surface area contributed by atoms with Crippen LogP contribution in [0.15, 0.2) is 63.2 Å². The molecule has 0 bridgehead atoms. The van der Waals surface area contributed by atoms with Crippen molar-refractivity contribution in [1.82, 2.24) is 44.5 Å². The predicted octanol–water partition coefficient (Wildman–Crippen LogP) is 26.3. The number of hydrogen-bond acceptors (Lipinski definition) is 15. The molecule has 2 aromatic rings. The monoisotopic (exact) mass is 2040 g/mol. The molecule has 818 valence electrons. The molecule has 20 nitrogen and oxygen atoms in total. The van der Waals surface area contributed by atoms with Crippen molar-refractivity contribution < 1.29 is 46.5 Å². The van der Waals surface area contributed by atoms with E-state index in [1.165, 1.54) is 231 Å². The van der Waals surface area contributed by atoms with Crippen LogP contribution in [0.2, 0.25) is 0 Å². The minimum Gasteiger partial charge on any atom is -0.371 e. The summed E-state index contributed by atoms with van der Waals surface area (Å²) < 4.78 is 58.9. The van der Waals surface area contributed by atoms with Crippen molar-refractivity contribution in [3.05, 3.63) is 68.9 Å². The Kier molecular flexibility index (Phi) is 30.2. The quantitative estimate of drug-likeness (QED) is 0.255.